The van der Waals surface area contributed by atoms with E-state index in [4.69, 9.17) is 4.74 Å². The molecule has 1 aliphatic rings. The van der Waals surface area contributed by atoms with E-state index in [0.29, 0.717) is 0 Å². The molecular formula is C11H14FN2O13P3-4. The van der Waals surface area contributed by atoms with Crippen molar-refractivity contribution in [1.29, 1.82) is 0 Å². The zero-order chi connectivity index (χ0) is 23.1. The molecule has 6 atom stereocenters. The van der Waals surface area contributed by atoms with E-state index in [2.05, 4.69) is 8.83 Å². The Bertz CT molecular complexity index is 1050. The summed E-state index contributed by atoms with van der Waals surface area (Å²) >= 11 is 0. The maximum atomic E-state index is 13.8. The van der Waals surface area contributed by atoms with Crippen molar-refractivity contribution in [2.45, 2.75) is 37.4 Å². The molecular weight excluding hydrogens is 480 g/mol. The Hall–Kier alpha value is -1.02. The van der Waals surface area contributed by atoms with Crippen LogP contribution in [0, 0.1) is 6.92 Å². The van der Waals surface area contributed by atoms with Crippen LogP contribution in [-0.2, 0) is 27.3 Å². The minimum Gasteiger partial charge on any atom is -0.790 e. The highest BCUT2D eigenvalue weighted by Crippen LogP contribution is 2.65. The number of hydrogen-bond acceptors (Lipinski definition) is 13. The number of alkyl halides is 1. The van der Waals surface area contributed by atoms with Gasteiger partial charge >= 0.3 is 5.69 Å². The number of nitrogens with zero attached hydrogens (tertiary/aromatic N) is 1. The Morgan fingerprint density at radius 3 is 2.47 bits per heavy atom. The zero-order valence-electron chi connectivity index (χ0n) is 14.8. The Kier molecular flexibility index (Phi) is 7.44. The molecule has 1 aromatic rings. The average Bonchev–Trinajstić information content (AvgIpc) is 2.94. The normalized spacial score (nSPS) is 27.4. The van der Waals surface area contributed by atoms with E-state index in [-0.39, 0.29) is 12.0 Å². The number of aromatic nitrogens is 2. The second-order valence-electron chi connectivity index (χ2n) is 6.13. The van der Waals surface area contributed by atoms with Gasteiger partial charge in [0.05, 0.1) is 20.5 Å². The van der Waals surface area contributed by atoms with Gasteiger partial charge in [-0.25, -0.2) is 9.18 Å². The van der Waals surface area contributed by atoms with E-state index in [1.165, 1.54) is 6.92 Å². The minimum absolute atomic E-state index is 0.122. The number of H-pyrrole nitrogens is 1. The number of phosphoric acid groups is 1. The molecule has 0 amide bonds. The van der Waals surface area contributed by atoms with Gasteiger partial charge in [0.1, 0.15) is 12.3 Å². The van der Waals surface area contributed by atoms with Gasteiger partial charge < -0.3 is 51.9 Å². The molecule has 0 saturated carbocycles. The average molecular weight is 494 g/mol. The minimum atomic E-state index is -6.37. The lowest BCUT2D eigenvalue weighted by molar-refractivity contribution is -0.338. The molecule has 15 nitrogen and oxygen atoms in total. The fourth-order valence-electron chi connectivity index (χ4n) is 2.43. The van der Waals surface area contributed by atoms with Crippen molar-refractivity contribution in [2.24, 2.45) is 0 Å². The quantitative estimate of drug-likeness (QED) is 0.337. The zero-order valence-corrected chi connectivity index (χ0v) is 17.5. The Balaban J connectivity index is 2.09. The Morgan fingerprint density at radius 2 is 1.90 bits per heavy atom. The largest absolute Gasteiger partial charge is 0.790 e. The van der Waals surface area contributed by atoms with Gasteiger partial charge in [-0.1, -0.05) is 0 Å². The molecule has 0 radical (unpaired) electrons. The van der Waals surface area contributed by atoms with Crippen LogP contribution in [0.3, 0.4) is 0 Å². The van der Waals surface area contributed by atoms with Gasteiger partial charge in [-0.3, -0.25) is 14.3 Å². The molecule has 2 heterocycles. The third-order valence-corrected chi connectivity index (χ3v) is 8.77. The molecule has 172 valence electrons. The van der Waals surface area contributed by atoms with Gasteiger partial charge in [-0.15, -0.1) is 0 Å². The van der Waals surface area contributed by atoms with Crippen molar-refractivity contribution in [1.82, 2.24) is 9.55 Å². The summed E-state index contributed by atoms with van der Waals surface area (Å²) in [5, 5.41) is 9.95. The predicted octanol–water partition coefficient (Wildman–Crippen LogP) is -3.28. The molecule has 0 spiro atoms. The van der Waals surface area contributed by atoms with Gasteiger partial charge in [-0.2, -0.15) is 0 Å². The first kappa shape index (κ1) is 25.2. The highest BCUT2D eigenvalue weighted by atomic mass is 31.3. The van der Waals surface area contributed by atoms with Gasteiger partial charge in [-0.05, 0) is 6.92 Å². The molecule has 0 bridgehead atoms. The number of rotatable bonds is 8. The first-order valence-electron chi connectivity index (χ1n) is 7.82. The molecule has 1 aromatic heterocycles. The summed E-state index contributed by atoms with van der Waals surface area (Å²) in [5.41, 5.74) is -5.47. The number of aryl methyl sites for hydroxylation is 1. The van der Waals surface area contributed by atoms with Crippen molar-refractivity contribution in [3.63, 3.8) is 0 Å². The van der Waals surface area contributed by atoms with Gasteiger partial charge in [0.2, 0.25) is 5.65 Å². The van der Waals surface area contributed by atoms with Crippen molar-refractivity contribution in [3.8, 4) is 0 Å². The summed E-state index contributed by atoms with van der Waals surface area (Å²) in [4.78, 5) is 68.7. The predicted molar refractivity (Wildman–Crippen MR) is 85.3 cm³/mol. The first-order chi connectivity index (χ1) is 13.5. The van der Waals surface area contributed by atoms with Crippen LogP contribution in [0.15, 0.2) is 15.8 Å². The molecule has 30 heavy (non-hydrogen) atoms. The van der Waals surface area contributed by atoms with E-state index in [0.717, 1.165) is 10.8 Å². The van der Waals surface area contributed by atoms with E-state index in [1.807, 2.05) is 4.98 Å². The highest BCUT2D eigenvalue weighted by Gasteiger charge is 2.40. The number of aliphatic hydroxyl groups is 1. The smallest absolute Gasteiger partial charge is 0.330 e. The summed E-state index contributed by atoms with van der Waals surface area (Å²) in [6, 6.07) is 0. The maximum absolute atomic E-state index is 13.8. The molecule has 19 heteroatoms. The topological polar surface area (TPSA) is 246 Å². The molecule has 1 fully saturated rings. The van der Waals surface area contributed by atoms with Crippen LogP contribution in [-0.4, -0.2) is 39.1 Å². The molecule has 0 aliphatic carbocycles. The van der Waals surface area contributed by atoms with Crippen molar-refractivity contribution >= 4 is 23.0 Å². The van der Waals surface area contributed by atoms with Crippen LogP contribution in [0.1, 0.15) is 18.2 Å². The van der Waals surface area contributed by atoms with E-state index >= 15 is 0 Å². The van der Waals surface area contributed by atoms with Crippen LogP contribution in [0.25, 0.3) is 0 Å². The lowest BCUT2D eigenvalue weighted by Gasteiger charge is -2.40. The first-order valence-corrected chi connectivity index (χ1v) is 12.5. The van der Waals surface area contributed by atoms with Crippen molar-refractivity contribution in [3.05, 3.63) is 32.6 Å². The van der Waals surface area contributed by atoms with E-state index in [9.17, 15) is 52.4 Å². The van der Waals surface area contributed by atoms with Crippen LogP contribution in [0.2, 0.25) is 0 Å². The highest BCUT2D eigenvalue weighted by molar-refractivity contribution is 7.73. The number of aliphatic hydroxyl groups excluding tert-OH is 1. The van der Waals surface area contributed by atoms with Gasteiger partial charge in [0.15, 0.2) is 15.2 Å². The van der Waals surface area contributed by atoms with Crippen LogP contribution in [0.4, 0.5) is 4.39 Å². The molecule has 1 saturated heterocycles. The molecule has 2 rings (SSSR count). The number of hydrogen-bond donors (Lipinski definition) is 2. The third-order valence-electron chi connectivity index (χ3n) is 3.81. The summed E-state index contributed by atoms with van der Waals surface area (Å²) in [6.45, 7) is 0.254. The number of halogens is 1. The van der Waals surface area contributed by atoms with Crippen molar-refractivity contribution in [2.75, 3.05) is 6.61 Å². The number of aromatic amines is 1. The van der Waals surface area contributed by atoms with Crippen LogP contribution >= 0.6 is 23.0 Å². The SMILES string of the molecule is Cc1cn([C@H]2C[C@H](O)[C@@H](COP(=O)([O-])C(F)P(=O)([O-])OP(=O)([O-])[O-])O2)c(=O)[nH]c1=O. The van der Waals surface area contributed by atoms with E-state index < -0.39 is 65.0 Å². The fourth-order valence-corrected chi connectivity index (χ4v) is 6.30. The molecule has 1 aliphatic heterocycles. The fraction of sp³-hybridized carbons (Fsp3) is 0.636. The van der Waals surface area contributed by atoms with Crippen LogP contribution < -0.4 is 30.8 Å². The lowest BCUT2D eigenvalue weighted by Crippen LogP contribution is -2.33. The molecule has 2 N–H and O–H groups in total. The monoisotopic (exact) mass is 494 g/mol. The second-order valence-corrected chi connectivity index (χ2v) is 11.4. The second kappa shape index (κ2) is 8.85. The lowest BCUT2D eigenvalue weighted by atomic mass is 10.2. The maximum Gasteiger partial charge on any atom is 0.330 e. The standard InChI is InChI=1S/C11H18FN2O13P3/c1-5-3-14(11(17)13-9(5)16)8-2-6(15)7(26-8)4-25-28(18,19)10(12)29(20,21)27-30(22,23)24/h3,6-8,10,15H,2,4H2,1H3,(H,18,19)(H,20,21)(H,13,16,17)(H2,22,23,24)/p-4/t6-,7+,8+,10?/m0/s1. The summed E-state index contributed by atoms with van der Waals surface area (Å²) < 4.78 is 60.2. The van der Waals surface area contributed by atoms with Crippen molar-refractivity contribution < 1.29 is 56.3 Å². The Morgan fingerprint density at radius 1 is 1.30 bits per heavy atom. The summed E-state index contributed by atoms with van der Waals surface area (Å²) in [6.07, 6.45) is -3.27. The van der Waals surface area contributed by atoms with Crippen LogP contribution in [0.5, 0.6) is 0 Å². The Labute approximate surface area is 166 Å². The van der Waals surface area contributed by atoms with E-state index in [1.54, 1.807) is 0 Å². The summed E-state index contributed by atoms with van der Waals surface area (Å²) in [7, 11) is -18.6. The molecule has 0 aromatic carbocycles. The van der Waals surface area contributed by atoms with Gasteiger partial charge in [0.25, 0.3) is 5.56 Å². The number of nitrogens with one attached hydrogen (secondary N) is 1. The van der Waals surface area contributed by atoms with Gasteiger partial charge in [0, 0.05) is 18.2 Å². The summed E-state index contributed by atoms with van der Waals surface area (Å²) in [5.74, 6) is 0. The molecule has 3 unspecified atom stereocenters. The number of ether oxygens (including phenoxy) is 1. The third kappa shape index (κ3) is 6.02.